The SMILES string of the molecule is Fc1cc(F)cc(NC2CCN3CCC2C3)c1. The molecule has 1 aromatic rings. The number of nitrogens with one attached hydrogen (secondary N) is 1. The standard InChI is InChI=1S/C13H16F2N2/c14-10-5-11(15)7-12(6-10)16-13-2-4-17-3-1-9(13)8-17/h5-7,9,13,16H,1-4,8H2. The van der Waals surface area contributed by atoms with Crippen LogP contribution in [0.2, 0.25) is 0 Å². The molecule has 2 nitrogen and oxygen atoms in total. The Balaban J connectivity index is 1.73. The third-order valence-electron chi connectivity index (χ3n) is 3.85. The van der Waals surface area contributed by atoms with E-state index >= 15 is 0 Å². The van der Waals surface area contributed by atoms with Crippen molar-refractivity contribution in [2.24, 2.45) is 5.92 Å². The van der Waals surface area contributed by atoms with Gasteiger partial charge in [0.15, 0.2) is 0 Å². The molecule has 2 fully saturated rings. The fourth-order valence-corrected chi connectivity index (χ4v) is 2.99. The highest BCUT2D eigenvalue weighted by Gasteiger charge is 2.34. The lowest BCUT2D eigenvalue weighted by atomic mass is 9.94. The predicted molar refractivity (Wildman–Crippen MR) is 62.9 cm³/mol. The fraction of sp³-hybridized carbons (Fsp3) is 0.538. The molecule has 0 aliphatic carbocycles. The van der Waals surface area contributed by atoms with E-state index in [1.807, 2.05) is 0 Å². The molecule has 0 spiro atoms. The van der Waals surface area contributed by atoms with Gasteiger partial charge in [0, 0.05) is 30.9 Å². The van der Waals surface area contributed by atoms with Gasteiger partial charge in [-0.25, -0.2) is 8.78 Å². The number of fused-ring (bicyclic) bond motifs is 2. The number of nitrogens with zero attached hydrogens (tertiary/aromatic N) is 1. The van der Waals surface area contributed by atoms with Crippen LogP contribution in [0.4, 0.5) is 14.5 Å². The maximum absolute atomic E-state index is 13.1. The minimum atomic E-state index is -0.517. The summed E-state index contributed by atoms with van der Waals surface area (Å²) in [5, 5.41) is 3.28. The van der Waals surface area contributed by atoms with Crippen molar-refractivity contribution in [1.29, 1.82) is 0 Å². The molecular formula is C13H16F2N2. The van der Waals surface area contributed by atoms with Gasteiger partial charge in [0.05, 0.1) is 0 Å². The molecule has 0 radical (unpaired) electrons. The van der Waals surface area contributed by atoms with Gasteiger partial charge in [-0.2, -0.15) is 0 Å². The Kier molecular flexibility index (Phi) is 2.74. The molecule has 2 saturated heterocycles. The summed E-state index contributed by atoms with van der Waals surface area (Å²) >= 11 is 0. The van der Waals surface area contributed by atoms with Gasteiger partial charge >= 0.3 is 0 Å². The number of halogens is 2. The van der Waals surface area contributed by atoms with Crippen molar-refractivity contribution in [2.45, 2.75) is 18.9 Å². The van der Waals surface area contributed by atoms with Crippen LogP contribution < -0.4 is 5.32 Å². The van der Waals surface area contributed by atoms with Crippen LogP contribution in [-0.4, -0.2) is 30.6 Å². The first-order chi connectivity index (χ1) is 8.20. The Morgan fingerprint density at radius 2 is 1.76 bits per heavy atom. The number of benzene rings is 1. The molecule has 4 heteroatoms. The molecular weight excluding hydrogens is 222 g/mol. The average Bonchev–Trinajstić information content (AvgIpc) is 2.64. The first-order valence-electron chi connectivity index (χ1n) is 6.16. The van der Waals surface area contributed by atoms with Crippen LogP contribution in [0.1, 0.15) is 12.8 Å². The molecule has 17 heavy (non-hydrogen) atoms. The first kappa shape index (κ1) is 11.0. The van der Waals surface area contributed by atoms with Crippen LogP contribution in [0, 0.1) is 17.6 Å². The van der Waals surface area contributed by atoms with E-state index < -0.39 is 11.6 Å². The normalized spacial score (nSPS) is 31.5. The largest absolute Gasteiger partial charge is 0.382 e. The van der Waals surface area contributed by atoms with Crippen molar-refractivity contribution >= 4 is 5.69 Å². The second-order valence-electron chi connectivity index (χ2n) is 5.05. The van der Waals surface area contributed by atoms with Crippen molar-refractivity contribution in [2.75, 3.05) is 25.0 Å². The number of anilines is 1. The highest BCUT2D eigenvalue weighted by molar-refractivity contribution is 5.45. The summed E-state index contributed by atoms with van der Waals surface area (Å²) in [6.45, 7) is 3.38. The lowest BCUT2D eigenvalue weighted by Crippen LogP contribution is -2.39. The number of hydrogen-bond acceptors (Lipinski definition) is 2. The van der Waals surface area contributed by atoms with Gasteiger partial charge < -0.3 is 10.2 Å². The maximum Gasteiger partial charge on any atom is 0.128 e. The van der Waals surface area contributed by atoms with E-state index in [1.165, 1.54) is 25.1 Å². The first-order valence-corrected chi connectivity index (χ1v) is 6.16. The monoisotopic (exact) mass is 238 g/mol. The molecule has 3 rings (SSSR count). The lowest BCUT2D eigenvalue weighted by molar-refractivity contribution is 0.255. The fourth-order valence-electron chi connectivity index (χ4n) is 2.99. The maximum atomic E-state index is 13.1. The summed E-state index contributed by atoms with van der Waals surface area (Å²) in [4.78, 5) is 2.45. The Hall–Kier alpha value is -1.16. The summed E-state index contributed by atoms with van der Waals surface area (Å²) in [5.74, 6) is -0.414. The smallest absolute Gasteiger partial charge is 0.128 e. The second-order valence-corrected chi connectivity index (χ2v) is 5.05. The molecule has 0 amide bonds. The van der Waals surface area contributed by atoms with E-state index in [4.69, 9.17) is 0 Å². The summed E-state index contributed by atoms with van der Waals surface area (Å²) in [7, 11) is 0. The van der Waals surface area contributed by atoms with Gasteiger partial charge in [0.2, 0.25) is 0 Å². The van der Waals surface area contributed by atoms with Gasteiger partial charge in [0.25, 0.3) is 0 Å². The Morgan fingerprint density at radius 3 is 2.53 bits per heavy atom. The van der Waals surface area contributed by atoms with E-state index in [0.717, 1.165) is 25.6 Å². The summed E-state index contributed by atoms with van der Waals surface area (Å²) in [6, 6.07) is 3.99. The molecule has 92 valence electrons. The molecule has 2 aliphatic heterocycles. The molecule has 0 saturated carbocycles. The highest BCUT2D eigenvalue weighted by atomic mass is 19.1. The van der Waals surface area contributed by atoms with Crippen molar-refractivity contribution in [3.05, 3.63) is 29.8 Å². The molecule has 3 unspecified atom stereocenters. The molecule has 2 aliphatic rings. The number of rotatable bonds is 2. The van der Waals surface area contributed by atoms with Gasteiger partial charge in [-0.05, 0) is 37.4 Å². The minimum absolute atomic E-state index is 0.356. The quantitative estimate of drug-likeness (QED) is 0.851. The topological polar surface area (TPSA) is 15.3 Å². The zero-order valence-electron chi connectivity index (χ0n) is 9.63. The van der Waals surface area contributed by atoms with Crippen molar-refractivity contribution < 1.29 is 8.78 Å². The van der Waals surface area contributed by atoms with Gasteiger partial charge in [-0.15, -0.1) is 0 Å². The van der Waals surface area contributed by atoms with Crippen LogP contribution in [0.15, 0.2) is 18.2 Å². The molecule has 2 bridgehead atoms. The van der Waals surface area contributed by atoms with E-state index in [2.05, 4.69) is 10.2 Å². The van der Waals surface area contributed by atoms with Crippen LogP contribution in [0.5, 0.6) is 0 Å². The molecule has 0 aromatic heterocycles. The van der Waals surface area contributed by atoms with Gasteiger partial charge in [-0.3, -0.25) is 0 Å². The van der Waals surface area contributed by atoms with Gasteiger partial charge in [-0.1, -0.05) is 0 Å². The zero-order chi connectivity index (χ0) is 11.8. The molecule has 3 atom stereocenters. The Bertz CT molecular complexity index is 402. The summed E-state index contributed by atoms with van der Waals surface area (Å²) in [6.07, 6.45) is 2.25. The molecule has 2 heterocycles. The van der Waals surface area contributed by atoms with Crippen LogP contribution in [0.25, 0.3) is 0 Å². The molecule has 1 N–H and O–H groups in total. The average molecular weight is 238 g/mol. The Labute approximate surface area is 99.6 Å². The van der Waals surface area contributed by atoms with Crippen molar-refractivity contribution in [3.8, 4) is 0 Å². The third kappa shape index (κ3) is 2.27. The van der Waals surface area contributed by atoms with E-state index in [1.54, 1.807) is 0 Å². The van der Waals surface area contributed by atoms with Crippen LogP contribution in [0.3, 0.4) is 0 Å². The zero-order valence-corrected chi connectivity index (χ0v) is 9.63. The lowest BCUT2D eigenvalue weighted by Gasteiger charge is -2.31. The van der Waals surface area contributed by atoms with E-state index in [9.17, 15) is 8.78 Å². The van der Waals surface area contributed by atoms with E-state index in [0.29, 0.717) is 17.6 Å². The van der Waals surface area contributed by atoms with Crippen LogP contribution >= 0.6 is 0 Å². The van der Waals surface area contributed by atoms with Crippen LogP contribution in [-0.2, 0) is 0 Å². The number of hydrogen-bond donors (Lipinski definition) is 1. The van der Waals surface area contributed by atoms with Crippen molar-refractivity contribution in [1.82, 2.24) is 4.90 Å². The minimum Gasteiger partial charge on any atom is -0.382 e. The van der Waals surface area contributed by atoms with Crippen molar-refractivity contribution in [3.63, 3.8) is 0 Å². The number of piperidine rings is 1. The van der Waals surface area contributed by atoms with Gasteiger partial charge in [0.1, 0.15) is 11.6 Å². The third-order valence-corrected chi connectivity index (χ3v) is 3.85. The summed E-state index contributed by atoms with van der Waals surface area (Å²) in [5.41, 5.74) is 0.563. The predicted octanol–water partition coefficient (Wildman–Crippen LogP) is 2.47. The summed E-state index contributed by atoms with van der Waals surface area (Å²) < 4.78 is 26.2. The van der Waals surface area contributed by atoms with E-state index in [-0.39, 0.29) is 0 Å². The highest BCUT2D eigenvalue weighted by Crippen LogP contribution is 2.29. The second kappa shape index (κ2) is 4.26. The molecule has 1 aromatic carbocycles. The Morgan fingerprint density at radius 1 is 1.06 bits per heavy atom.